The van der Waals surface area contributed by atoms with E-state index >= 15 is 0 Å². The summed E-state index contributed by atoms with van der Waals surface area (Å²) < 4.78 is 0. The molecular weight excluding hydrogens is 152 g/mol. The summed E-state index contributed by atoms with van der Waals surface area (Å²) in [6, 6.07) is 0. The van der Waals surface area contributed by atoms with Gasteiger partial charge in [-0.15, -0.1) is 0 Å². The first kappa shape index (κ1) is 8.64. The van der Waals surface area contributed by atoms with Crippen LogP contribution in [-0.2, 0) is 0 Å². The zero-order chi connectivity index (χ0) is 8.81. The third kappa shape index (κ3) is 3.09. The third-order valence-electron chi connectivity index (χ3n) is 1.43. The van der Waals surface area contributed by atoms with Crippen LogP contribution < -0.4 is 0 Å². The van der Waals surface area contributed by atoms with Gasteiger partial charge in [0, 0.05) is 38.9 Å². The topological polar surface area (TPSA) is 35.2 Å². The van der Waals surface area contributed by atoms with Crippen LogP contribution in [0.15, 0.2) is 31.1 Å². The Balaban J connectivity index is 0.000000127. The van der Waals surface area contributed by atoms with Crippen LogP contribution in [0.4, 0.5) is 0 Å². The maximum Gasteiger partial charge on any atom is 0.0919 e. The summed E-state index contributed by atoms with van der Waals surface area (Å²) >= 11 is 0. The summed E-state index contributed by atoms with van der Waals surface area (Å²) in [5.41, 5.74) is 0. The molecule has 4 heteroatoms. The lowest BCUT2D eigenvalue weighted by Gasteiger charge is -2.10. The van der Waals surface area contributed by atoms with Crippen LogP contribution in [0.1, 0.15) is 0 Å². The Hall–Kier alpha value is -1.45. The highest BCUT2D eigenvalue weighted by Gasteiger charge is 1.99. The van der Waals surface area contributed by atoms with Crippen molar-refractivity contribution in [3.63, 3.8) is 0 Å². The molecule has 0 radical (unpaired) electrons. The first-order chi connectivity index (χ1) is 5.79. The van der Waals surface area contributed by atoms with Gasteiger partial charge in [-0.05, 0) is 0 Å². The molecule has 0 spiro atoms. The molecule has 4 nitrogen and oxygen atoms in total. The van der Waals surface area contributed by atoms with Crippen molar-refractivity contribution in [3.8, 4) is 0 Å². The highest BCUT2D eigenvalue weighted by atomic mass is 15.3. The SMILES string of the molecule is CN1C=CN(C)C1.c1c[nH]cn1. The summed E-state index contributed by atoms with van der Waals surface area (Å²) in [5, 5.41) is 0. The van der Waals surface area contributed by atoms with E-state index in [4.69, 9.17) is 0 Å². The van der Waals surface area contributed by atoms with Crippen molar-refractivity contribution >= 4 is 0 Å². The van der Waals surface area contributed by atoms with E-state index in [1.807, 2.05) is 0 Å². The minimum Gasteiger partial charge on any atom is -0.362 e. The Kier molecular flexibility index (Phi) is 3.19. The fraction of sp³-hybridized carbons (Fsp3) is 0.375. The number of hydrogen-bond donors (Lipinski definition) is 1. The van der Waals surface area contributed by atoms with Gasteiger partial charge in [-0.2, -0.15) is 0 Å². The molecule has 0 fully saturated rings. The number of hydrogen-bond acceptors (Lipinski definition) is 3. The summed E-state index contributed by atoms with van der Waals surface area (Å²) in [6.45, 7) is 1.03. The molecule has 1 aliphatic heterocycles. The van der Waals surface area contributed by atoms with Gasteiger partial charge in [0.1, 0.15) is 0 Å². The van der Waals surface area contributed by atoms with Gasteiger partial charge in [0.25, 0.3) is 0 Å². The molecule has 66 valence electrons. The van der Waals surface area contributed by atoms with Gasteiger partial charge in [-0.3, -0.25) is 0 Å². The standard InChI is InChI=1S/C5H10N2.C3H4N2/c1-6-3-4-7(2)5-6;1-2-5-3-4-1/h3-4H,5H2,1-2H3;1-3H,(H,4,5). The van der Waals surface area contributed by atoms with Gasteiger partial charge in [-0.25, -0.2) is 4.98 Å². The Labute approximate surface area is 72.5 Å². The molecule has 1 aliphatic rings. The fourth-order valence-corrected chi connectivity index (χ4v) is 0.889. The average Bonchev–Trinajstić information content (AvgIpc) is 2.63. The van der Waals surface area contributed by atoms with E-state index in [2.05, 4.69) is 46.3 Å². The minimum absolute atomic E-state index is 1.03. The van der Waals surface area contributed by atoms with Crippen molar-refractivity contribution in [3.05, 3.63) is 31.1 Å². The van der Waals surface area contributed by atoms with E-state index in [0.717, 1.165) is 6.67 Å². The lowest BCUT2D eigenvalue weighted by molar-refractivity contribution is 0.340. The van der Waals surface area contributed by atoms with Gasteiger partial charge < -0.3 is 14.8 Å². The Morgan fingerprint density at radius 2 is 1.92 bits per heavy atom. The number of nitrogens with zero attached hydrogens (tertiary/aromatic N) is 3. The molecule has 0 saturated heterocycles. The zero-order valence-electron chi connectivity index (χ0n) is 7.44. The second-order valence-corrected chi connectivity index (χ2v) is 2.71. The first-order valence-corrected chi connectivity index (χ1v) is 3.80. The molecule has 2 rings (SSSR count). The highest BCUT2D eigenvalue weighted by Crippen LogP contribution is 1.97. The van der Waals surface area contributed by atoms with Crippen molar-refractivity contribution in [1.82, 2.24) is 19.8 Å². The van der Waals surface area contributed by atoms with E-state index in [1.54, 1.807) is 18.7 Å². The van der Waals surface area contributed by atoms with Crippen LogP contribution in [0.2, 0.25) is 0 Å². The third-order valence-corrected chi connectivity index (χ3v) is 1.43. The second kappa shape index (κ2) is 4.43. The molecule has 2 heterocycles. The lowest BCUT2D eigenvalue weighted by Crippen LogP contribution is -2.17. The van der Waals surface area contributed by atoms with E-state index < -0.39 is 0 Å². The Bertz CT molecular complexity index is 190. The number of imidazole rings is 1. The zero-order valence-corrected chi connectivity index (χ0v) is 7.44. The molecule has 0 saturated carbocycles. The molecule has 0 aromatic carbocycles. The normalized spacial score (nSPS) is 14.5. The summed E-state index contributed by atoms with van der Waals surface area (Å²) in [7, 11) is 4.11. The summed E-state index contributed by atoms with van der Waals surface area (Å²) in [4.78, 5) is 10.7. The molecule has 0 amide bonds. The average molecular weight is 166 g/mol. The van der Waals surface area contributed by atoms with E-state index in [9.17, 15) is 0 Å². The molecule has 0 unspecified atom stereocenters. The highest BCUT2D eigenvalue weighted by molar-refractivity contribution is 4.85. The number of rotatable bonds is 0. The van der Waals surface area contributed by atoms with Crippen molar-refractivity contribution in [1.29, 1.82) is 0 Å². The molecule has 12 heavy (non-hydrogen) atoms. The predicted octanol–water partition coefficient (Wildman–Crippen LogP) is 0.702. The van der Waals surface area contributed by atoms with Gasteiger partial charge in [0.05, 0.1) is 13.0 Å². The van der Waals surface area contributed by atoms with Crippen LogP contribution in [0, 0.1) is 0 Å². The van der Waals surface area contributed by atoms with Gasteiger partial charge in [0.2, 0.25) is 0 Å². The smallest absolute Gasteiger partial charge is 0.0919 e. The van der Waals surface area contributed by atoms with E-state index in [0.29, 0.717) is 0 Å². The Morgan fingerprint density at radius 1 is 1.25 bits per heavy atom. The molecule has 1 aromatic heterocycles. The number of H-pyrrole nitrogens is 1. The summed E-state index contributed by atoms with van der Waals surface area (Å²) in [5.74, 6) is 0. The van der Waals surface area contributed by atoms with Crippen LogP contribution in [0.3, 0.4) is 0 Å². The largest absolute Gasteiger partial charge is 0.362 e. The first-order valence-electron chi connectivity index (χ1n) is 3.80. The van der Waals surface area contributed by atoms with Crippen molar-refractivity contribution in [2.75, 3.05) is 20.8 Å². The maximum atomic E-state index is 3.67. The quantitative estimate of drug-likeness (QED) is 0.616. The van der Waals surface area contributed by atoms with Crippen molar-refractivity contribution in [2.45, 2.75) is 0 Å². The van der Waals surface area contributed by atoms with Gasteiger partial charge in [-0.1, -0.05) is 0 Å². The molecule has 1 N–H and O–H groups in total. The van der Waals surface area contributed by atoms with Crippen LogP contribution in [-0.4, -0.2) is 40.5 Å². The summed E-state index contributed by atoms with van der Waals surface area (Å²) in [6.07, 6.45) is 9.19. The molecule has 1 aromatic rings. The molecule has 0 atom stereocenters. The molecular formula is C8H14N4. The van der Waals surface area contributed by atoms with Gasteiger partial charge >= 0.3 is 0 Å². The van der Waals surface area contributed by atoms with Crippen LogP contribution in [0.25, 0.3) is 0 Å². The number of aromatic amines is 1. The lowest BCUT2D eigenvalue weighted by atomic mass is 10.9. The van der Waals surface area contributed by atoms with Crippen LogP contribution >= 0.6 is 0 Å². The fourth-order valence-electron chi connectivity index (χ4n) is 0.889. The van der Waals surface area contributed by atoms with E-state index in [1.165, 1.54) is 0 Å². The molecule has 0 bridgehead atoms. The van der Waals surface area contributed by atoms with E-state index in [-0.39, 0.29) is 0 Å². The second-order valence-electron chi connectivity index (χ2n) is 2.71. The molecule has 0 aliphatic carbocycles. The van der Waals surface area contributed by atoms with Crippen molar-refractivity contribution < 1.29 is 0 Å². The van der Waals surface area contributed by atoms with Gasteiger partial charge in [0.15, 0.2) is 0 Å². The van der Waals surface area contributed by atoms with Crippen LogP contribution in [0.5, 0.6) is 0 Å². The minimum atomic E-state index is 1.03. The number of aromatic nitrogens is 2. The monoisotopic (exact) mass is 166 g/mol. The number of nitrogens with one attached hydrogen (secondary N) is 1. The Morgan fingerprint density at radius 3 is 2.08 bits per heavy atom. The van der Waals surface area contributed by atoms with Crippen molar-refractivity contribution in [2.24, 2.45) is 0 Å². The maximum absolute atomic E-state index is 3.67. The predicted molar refractivity (Wildman–Crippen MR) is 48.1 cm³/mol.